The molecule has 6 nitrogen and oxygen atoms in total. The molecule has 0 aliphatic carbocycles. The third kappa shape index (κ3) is 5.00. The van der Waals surface area contributed by atoms with E-state index in [-0.39, 0.29) is 24.5 Å². The second kappa shape index (κ2) is 9.56. The first-order chi connectivity index (χ1) is 17.3. The van der Waals surface area contributed by atoms with Gasteiger partial charge in [0, 0.05) is 53.3 Å². The summed E-state index contributed by atoms with van der Waals surface area (Å²) < 4.78 is 43.9. The molecule has 0 spiro atoms. The second-order valence-electron chi connectivity index (χ2n) is 8.83. The fourth-order valence-electron chi connectivity index (χ4n) is 4.50. The van der Waals surface area contributed by atoms with Gasteiger partial charge in [-0.2, -0.15) is 13.2 Å². The van der Waals surface area contributed by atoms with Crippen LogP contribution in [-0.2, 0) is 11.0 Å². The summed E-state index contributed by atoms with van der Waals surface area (Å²) in [7, 11) is 0. The molecular weight excluding hydrogens is 471 g/mol. The van der Waals surface area contributed by atoms with Crippen molar-refractivity contribution in [2.45, 2.75) is 25.1 Å². The van der Waals surface area contributed by atoms with Crippen molar-refractivity contribution < 1.29 is 27.5 Å². The number of fused-ring (bicyclic) bond motifs is 3. The molecule has 1 fully saturated rings. The molecule has 4 aromatic rings. The maximum atomic E-state index is 12.7. The minimum Gasteiger partial charge on any atom is -0.490 e. The molecule has 9 heteroatoms. The summed E-state index contributed by atoms with van der Waals surface area (Å²) >= 11 is 0. The SMILES string of the molecule is O=C(NCC(=O)N1CCC(Oc2ccc(C(F)(F)F)cc2)CC1)c1ccc2[nH]c3ccccc3c2c1. The van der Waals surface area contributed by atoms with Gasteiger partial charge in [-0.05, 0) is 48.5 Å². The van der Waals surface area contributed by atoms with Gasteiger partial charge in [-0.3, -0.25) is 9.59 Å². The van der Waals surface area contributed by atoms with Crippen molar-refractivity contribution in [3.63, 3.8) is 0 Å². The Morgan fingerprint density at radius 3 is 2.36 bits per heavy atom. The van der Waals surface area contributed by atoms with Gasteiger partial charge in [-0.1, -0.05) is 18.2 Å². The van der Waals surface area contributed by atoms with Crippen molar-refractivity contribution in [2.75, 3.05) is 19.6 Å². The predicted molar refractivity (Wildman–Crippen MR) is 130 cm³/mol. The Kier molecular flexibility index (Phi) is 6.30. The summed E-state index contributed by atoms with van der Waals surface area (Å²) in [6, 6.07) is 17.9. The highest BCUT2D eigenvalue weighted by molar-refractivity contribution is 6.10. The minimum absolute atomic E-state index is 0.116. The number of ether oxygens (including phenoxy) is 1. The van der Waals surface area contributed by atoms with Crippen LogP contribution in [0, 0.1) is 0 Å². The van der Waals surface area contributed by atoms with Crippen LogP contribution in [0.4, 0.5) is 13.2 Å². The van der Waals surface area contributed by atoms with Crippen molar-refractivity contribution in [3.8, 4) is 5.75 Å². The van der Waals surface area contributed by atoms with E-state index in [4.69, 9.17) is 4.74 Å². The molecule has 186 valence electrons. The normalized spacial score (nSPS) is 14.8. The van der Waals surface area contributed by atoms with E-state index in [1.807, 2.05) is 36.4 Å². The number of para-hydroxylation sites is 1. The topological polar surface area (TPSA) is 74.4 Å². The molecule has 2 heterocycles. The molecule has 0 atom stereocenters. The number of carbonyl (C=O) groups excluding carboxylic acids is 2. The van der Waals surface area contributed by atoms with E-state index >= 15 is 0 Å². The number of rotatable bonds is 5. The zero-order valence-electron chi connectivity index (χ0n) is 19.3. The van der Waals surface area contributed by atoms with E-state index in [2.05, 4.69) is 10.3 Å². The zero-order chi connectivity index (χ0) is 25.3. The molecule has 2 N–H and O–H groups in total. The Hall–Kier alpha value is -4.01. The Morgan fingerprint density at radius 1 is 0.944 bits per heavy atom. The molecule has 0 unspecified atom stereocenters. The van der Waals surface area contributed by atoms with E-state index in [0.29, 0.717) is 37.2 Å². The highest BCUT2D eigenvalue weighted by Gasteiger charge is 2.30. The maximum absolute atomic E-state index is 12.7. The van der Waals surface area contributed by atoms with E-state index in [1.54, 1.807) is 11.0 Å². The van der Waals surface area contributed by atoms with Gasteiger partial charge in [-0.15, -0.1) is 0 Å². The molecule has 3 aromatic carbocycles. The summed E-state index contributed by atoms with van der Waals surface area (Å²) in [4.78, 5) is 30.3. The summed E-state index contributed by atoms with van der Waals surface area (Å²) in [5, 5.41) is 4.68. The first kappa shape index (κ1) is 23.7. The fraction of sp³-hybridized carbons (Fsp3) is 0.259. The Bertz CT molecular complexity index is 1400. The summed E-state index contributed by atoms with van der Waals surface area (Å²) in [6.07, 6.45) is -3.47. The number of H-pyrrole nitrogens is 1. The lowest BCUT2D eigenvalue weighted by atomic mass is 10.1. The van der Waals surface area contributed by atoms with E-state index in [9.17, 15) is 22.8 Å². The molecule has 0 bridgehead atoms. The molecule has 2 amide bonds. The quantitative estimate of drug-likeness (QED) is 0.403. The molecular formula is C27H24F3N3O3. The second-order valence-corrected chi connectivity index (χ2v) is 8.83. The molecule has 1 aliphatic heterocycles. The van der Waals surface area contributed by atoms with Crippen LogP contribution in [0.2, 0.25) is 0 Å². The van der Waals surface area contributed by atoms with Crippen LogP contribution in [0.5, 0.6) is 5.75 Å². The number of nitrogens with one attached hydrogen (secondary N) is 2. The van der Waals surface area contributed by atoms with Crippen LogP contribution in [0.1, 0.15) is 28.8 Å². The van der Waals surface area contributed by atoms with Gasteiger partial charge in [0.25, 0.3) is 5.91 Å². The fourth-order valence-corrected chi connectivity index (χ4v) is 4.50. The number of alkyl halides is 3. The zero-order valence-corrected chi connectivity index (χ0v) is 19.3. The standard InChI is InChI=1S/C27H24F3N3O3/c28-27(29,30)18-6-8-19(9-7-18)36-20-11-13-33(14-12-20)25(34)16-31-26(35)17-5-10-24-22(15-17)21-3-1-2-4-23(21)32-24/h1-10,15,20,32H,11-14,16H2,(H,31,35). The Labute approximate surface area is 205 Å². The molecule has 1 saturated heterocycles. The number of hydrogen-bond acceptors (Lipinski definition) is 3. The van der Waals surface area contributed by atoms with Crippen LogP contribution in [-0.4, -0.2) is 47.4 Å². The predicted octanol–water partition coefficient (Wildman–Crippen LogP) is 5.14. The van der Waals surface area contributed by atoms with E-state index < -0.39 is 11.7 Å². The highest BCUT2D eigenvalue weighted by atomic mass is 19.4. The average molecular weight is 496 g/mol. The lowest BCUT2D eigenvalue weighted by molar-refractivity contribution is -0.137. The number of piperidine rings is 1. The van der Waals surface area contributed by atoms with Gasteiger partial charge >= 0.3 is 6.18 Å². The van der Waals surface area contributed by atoms with Crippen molar-refractivity contribution in [1.29, 1.82) is 0 Å². The van der Waals surface area contributed by atoms with E-state index in [0.717, 1.165) is 33.9 Å². The van der Waals surface area contributed by atoms with Crippen molar-refractivity contribution in [2.24, 2.45) is 0 Å². The minimum atomic E-state index is -4.39. The summed E-state index contributed by atoms with van der Waals surface area (Å²) in [6.45, 7) is 0.776. The van der Waals surface area contributed by atoms with Crippen molar-refractivity contribution in [1.82, 2.24) is 15.2 Å². The summed E-state index contributed by atoms with van der Waals surface area (Å²) in [5.74, 6) is -0.146. The number of halogens is 3. The van der Waals surface area contributed by atoms with Crippen LogP contribution < -0.4 is 10.1 Å². The van der Waals surface area contributed by atoms with Crippen LogP contribution >= 0.6 is 0 Å². The van der Waals surface area contributed by atoms with Crippen LogP contribution in [0.3, 0.4) is 0 Å². The van der Waals surface area contributed by atoms with Gasteiger partial charge in [0.1, 0.15) is 11.9 Å². The summed E-state index contributed by atoms with van der Waals surface area (Å²) in [5.41, 5.74) is 1.68. The number of aromatic nitrogens is 1. The number of carbonyl (C=O) groups is 2. The average Bonchev–Trinajstić information content (AvgIpc) is 3.25. The molecule has 1 aromatic heterocycles. The van der Waals surface area contributed by atoms with Crippen molar-refractivity contribution >= 4 is 33.6 Å². The molecule has 0 radical (unpaired) electrons. The maximum Gasteiger partial charge on any atom is 0.416 e. The first-order valence-electron chi connectivity index (χ1n) is 11.7. The third-order valence-corrected chi connectivity index (χ3v) is 6.45. The number of benzene rings is 3. The number of nitrogens with zero attached hydrogens (tertiary/aromatic N) is 1. The molecule has 0 saturated carbocycles. The van der Waals surface area contributed by atoms with Gasteiger partial charge in [-0.25, -0.2) is 0 Å². The molecule has 5 rings (SSSR count). The third-order valence-electron chi connectivity index (χ3n) is 6.45. The lowest BCUT2D eigenvalue weighted by Gasteiger charge is -2.32. The smallest absolute Gasteiger partial charge is 0.416 e. The van der Waals surface area contributed by atoms with Gasteiger partial charge in [0.2, 0.25) is 5.91 Å². The van der Waals surface area contributed by atoms with Crippen LogP contribution in [0.15, 0.2) is 66.7 Å². The Balaban J connectivity index is 1.12. The lowest BCUT2D eigenvalue weighted by Crippen LogP contribution is -2.46. The number of aromatic amines is 1. The van der Waals surface area contributed by atoms with Gasteiger partial charge in [0.05, 0.1) is 12.1 Å². The number of hydrogen-bond donors (Lipinski definition) is 2. The van der Waals surface area contributed by atoms with Gasteiger partial charge in [0.15, 0.2) is 0 Å². The highest BCUT2D eigenvalue weighted by Crippen LogP contribution is 2.31. The number of amides is 2. The largest absolute Gasteiger partial charge is 0.490 e. The molecule has 1 aliphatic rings. The van der Waals surface area contributed by atoms with Crippen LogP contribution in [0.25, 0.3) is 21.8 Å². The Morgan fingerprint density at radius 2 is 1.64 bits per heavy atom. The molecule has 36 heavy (non-hydrogen) atoms. The van der Waals surface area contributed by atoms with Crippen molar-refractivity contribution in [3.05, 3.63) is 77.9 Å². The number of likely N-dealkylation sites (tertiary alicyclic amines) is 1. The van der Waals surface area contributed by atoms with E-state index in [1.165, 1.54) is 12.1 Å². The first-order valence-corrected chi connectivity index (χ1v) is 11.7. The monoisotopic (exact) mass is 495 g/mol. The van der Waals surface area contributed by atoms with Gasteiger partial charge < -0.3 is 19.9 Å².